The molecule has 0 saturated carbocycles. The van der Waals surface area contributed by atoms with Crippen molar-refractivity contribution in [3.63, 3.8) is 0 Å². The number of para-hydroxylation sites is 1. The van der Waals surface area contributed by atoms with Crippen LogP contribution >= 0.6 is 0 Å². The van der Waals surface area contributed by atoms with Gasteiger partial charge in [0.05, 0.1) is 18.7 Å². The molecule has 1 aromatic rings. The highest BCUT2D eigenvalue weighted by Crippen LogP contribution is 2.23. The Morgan fingerprint density at radius 1 is 1.47 bits per heavy atom. The van der Waals surface area contributed by atoms with Crippen molar-refractivity contribution in [1.82, 2.24) is 4.90 Å². The van der Waals surface area contributed by atoms with Crippen LogP contribution in [0.25, 0.3) is 0 Å². The van der Waals surface area contributed by atoms with Crippen LogP contribution in [0.3, 0.4) is 0 Å². The van der Waals surface area contributed by atoms with E-state index in [1.807, 2.05) is 0 Å². The number of aliphatic hydroxyl groups is 1. The van der Waals surface area contributed by atoms with Gasteiger partial charge in [-0.05, 0) is 19.1 Å². The van der Waals surface area contributed by atoms with Crippen LogP contribution in [0.5, 0.6) is 5.75 Å². The van der Waals surface area contributed by atoms with Crippen LogP contribution in [-0.2, 0) is 4.79 Å². The third-order valence-electron chi connectivity index (χ3n) is 2.98. The summed E-state index contributed by atoms with van der Waals surface area (Å²) >= 11 is 0. The van der Waals surface area contributed by atoms with Gasteiger partial charge in [-0.3, -0.25) is 4.79 Å². The second-order valence-corrected chi connectivity index (χ2v) is 4.65. The number of carboxylic acid groups (broad SMARTS) is 1. The van der Waals surface area contributed by atoms with E-state index in [2.05, 4.69) is 0 Å². The molecule has 0 spiro atoms. The van der Waals surface area contributed by atoms with Crippen molar-refractivity contribution >= 4 is 11.9 Å². The fourth-order valence-electron chi connectivity index (χ4n) is 1.90. The number of hydrogen-bond donors (Lipinski definition) is 2. The summed E-state index contributed by atoms with van der Waals surface area (Å²) < 4.78 is 5.43. The number of hydrogen-bond acceptors (Lipinski definition) is 4. The standard InChI is InChI=1S/C13H15NO5/c1-13(18,12(16)17)8-14-6-7-19-10-5-3-2-4-9(10)11(14)15/h2-5,18H,6-8H2,1H3,(H,16,17). The van der Waals surface area contributed by atoms with Crippen LogP contribution < -0.4 is 4.74 Å². The molecule has 1 aliphatic heterocycles. The molecule has 0 aromatic heterocycles. The average Bonchev–Trinajstić information content (AvgIpc) is 2.50. The Kier molecular flexibility index (Phi) is 3.44. The van der Waals surface area contributed by atoms with Crippen LogP contribution in [0.15, 0.2) is 24.3 Å². The van der Waals surface area contributed by atoms with Gasteiger partial charge in [0.25, 0.3) is 5.91 Å². The molecule has 0 saturated heterocycles. The van der Waals surface area contributed by atoms with Crippen molar-refractivity contribution in [2.24, 2.45) is 0 Å². The van der Waals surface area contributed by atoms with Crippen molar-refractivity contribution in [3.05, 3.63) is 29.8 Å². The van der Waals surface area contributed by atoms with Gasteiger partial charge in [-0.1, -0.05) is 12.1 Å². The summed E-state index contributed by atoms with van der Waals surface area (Å²) in [5.41, 5.74) is -1.60. The van der Waals surface area contributed by atoms with Crippen molar-refractivity contribution in [2.75, 3.05) is 19.7 Å². The van der Waals surface area contributed by atoms with Gasteiger partial charge in [0.1, 0.15) is 12.4 Å². The quantitative estimate of drug-likeness (QED) is 0.823. The average molecular weight is 265 g/mol. The molecule has 2 rings (SSSR count). The summed E-state index contributed by atoms with van der Waals surface area (Å²) in [6, 6.07) is 6.77. The molecule has 19 heavy (non-hydrogen) atoms. The highest BCUT2D eigenvalue weighted by atomic mass is 16.5. The monoisotopic (exact) mass is 265 g/mol. The maximum Gasteiger partial charge on any atom is 0.337 e. The van der Waals surface area contributed by atoms with E-state index in [0.29, 0.717) is 11.3 Å². The maximum absolute atomic E-state index is 12.3. The van der Waals surface area contributed by atoms with E-state index < -0.39 is 11.6 Å². The summed E-state index contributed by atoms with van der Waals surface area (Å²) in [6.45, 7) is 1.38. The number of fused-ring (bicyclic) bond motifs is 1. The van der Waals surface area contributed by atoms with E-state index >= 15 is 0 Å². The SMILES string of the molecule is CC(O)(CN1CCOc2ccccc2C1=O)C(=O)O. The van der Waals surface area contributed by atoms with Gasteiger partial charge in [0.2, 0.25) is 0 Å². The first kappa shape index (κ1) is 13.4. The summed E-state index contributed by atoms with van der Waals surface area (Å²) in [5.74, 6) is -1.22. The predicted molar refractivity (Wildman–Crippen MR) is 66.1 cm³/mol. The molecule has 1 unspecified atom stereocenters. The van der Waals surface area contributed by atoms with Crippen molar-refractivity contribution in [3.8, 4) is 5.75 Å². The van der Waals surface area contributed by atoms with Gasteiger partial charge in [-0.25, -0.2) is 4.79 Å². The summed E-state index contributed by atoms with van der Waals surface area (Å²) in [7, 11) is 0. The van der Waals surface area contributed by atoms with E-state index in [4.69, 9.17) is 9.84 Å². The highest BCUT2D eigenvalue weighted by Gasteiger charge is 2.35. The van der Waals surface area contributed by atoms with Crippen molar-refractivity contribution < 1.29 is 24.5 Å². The number of nitrogens with zero attached hydrogens (tertiary/aromatic N) is 1. The Morgan fingerprint density at radius 2 is 2.16 bits per heavy atom. The summed E-state index contributed by atoms with van der Waals surface area (Å²) in [4.78, 5) is 24.5. The van der Waals surface area contributed by atoms with Gasteiger partial charge in [-0.2, -0.15) is 0 Å². The molecule has 1 aliphatic rings. The molecule has 1 amide bonds. The number of carbonyl (C=O) groups excluding carboxylic acids is 1. The van der Waals surface area contributed by atoms with E-state index in [1.165, 1.54) is 11.8 Å². The third kappa shape index (κ3) is 2.68. The van der Waals surface area contributed by atoms with Gasteiger partial charge >= 0.3 is 5.97 Å². The largest absolute Gasteiger partial charge is 0.491 e. The lowest BCUT2D eigenvalue weighted by atomic mass is 10.1. The number of β-amino-alcohol motifs (C(OH)–C–C–N with tert-alkyl or cyclic N) is 1. The lowest BCUT2D eigenvalue weighted by Gasteiger charge is -2.27. The second kappa shape index (κ2) is 4.89. The molecule has 1 aromatic carbocycles. The molecule has 0 aliphatic carbocycles. The predicted octanol–water partition coefficient (Wildman–Crippen LogP) is 0.357. The van der Waals surface area contributed by atoms with Gasteiger partial charge in [-0.15, -0.1) is 0 Å². The topological polar surface area (TPSA) is 87.1 Å². The molecule has 1 atom stereocenters. The lowest BCUT2D eigenvalue weighted by molar-refractivity contribution is -0.157. The summed E-state index contributed by atoms with van der Waals surface area (Å²) in [6.07, 6.45) is 0. The molecule has 102 valence electrons. The Labute approximate surface area is 110 Å². The molecular weight excluding hydrogens is 250 g/mol. The molecule has 6 nitrogen and oxygen atoms in total. The van der Waals surface area contributed by atoms with Crippen LogP contribution in [0.2, 0.25) is 0 Å². The number of rotatable bonds is 3. The molecule has 6 heteroatoms. The first-order chi connectivity index (χ1) is 8.92. The van der Waals surface area contributed by atoms with Gasteiger partial charge < -0.3 is 19.8 Å². The first-order valence-electron chi connectivity index (χ1n) is 5.89. The minimum Gasteiger partial charge on any atom is -0.491 e. The van der Waals surface area contributed by atoms with E-state index in [1.54, 1.807) is 24.3 Å². The lowest BCUT2D eigenvalue weighted by Crippen LogP contribution is -2.49. The van der Waals surface area contributed by atoms with E-state index in [9.17, 15) is 14.7 Å². The van der Waals surface area contributed by atoms with E-state index in [-0.39, 0.29) is 25.6 Å². The van der Waals surface area contributed by atoms with E-state index in [0.717, 1.165) is 0 Å². The highest BCUT2D eigenvalue weighted by molar-refractivity contribution is 5.97. The smallest absolute Gasteiger partial charge is 0.337 e. The Balaban J connectivity index is 2.25. The van der Waals surface area contributed by atoms with Crippen LogP contribution in [0.4, 0.5) is 0 Å². The van der Waals surface area contributed by atoms with Crippen LogP contribution in [0, 0.1) is 0 Å². The molecule has 1 heterocycles. The second-order valence-electron chi connectivity index (χ2n) is 4.65. The number of aliphatic carboxylic acids is 1. The number of benzene rings is 1. The van der Waals surface area contributed by atoms with Crippen molar-refractivity contribution in [2.45, 2.75) is 12.5 Å². The zero-order chi connectivity index (χ0) is 14.0. The normalized spacial score (nSPS) is 18.0. The minimum absolute atomic E-state index is 0.233. The molecule has 0 bridgehead atoms. The Morgan fingerprint density at radius 3 is 2.84 bits per heavy atom. The Bertz CT molecular complexity index is 512. The maximum atomic E-state index is 12.3. The van der Waals surface area contributed by atoms with Crippen LogP contribution in [-0.4, -0.2) is 52.3 Å². The molecule has 2 N–H and O–H groups in total. The molecule has 0 fully saturated rings. The van der Waals surface area contributed by atoms with Crippen molar-refractivity contribution in [1.29, 1.82) is 0 Å². The zero-order valence-electron chi connectivity index (χ0n) is 10.5. The molecular formula is C13H15NO5. The number of carbonyl (C=O) groups is 2. The van der Waals surface area contributed by atoms with Gasteiger partial charge in [0, 0.05) is 0 Å². The number of amides is 1. The Hall–Kier alpha value is -2.08. The number of carboxylic acids is 1. The zero-order valence-corrected chi connectivity index (χ0v) is 10.5. The van der Waals surface area contributed by atoms with Crippen LogP contribution in [0.1, 0.15) is 17.3 Å². The fourth-order valence-corrected chi connectivity index (χ4v) is 1.90. The number of ether oxygens (including phenoxy) is 1. The summed E-state index contributed by atoms with van der Waals surface area (Å²) in [5, 5.41) is 18.7. The minimum atomic E-state index is -1.98. The first-order valence-corrected chi connectivity index (χ1v) is 5.89. The fraction of sp³-hybridized carbons (Fsp3) is 0.385. The van der Waals surface area contributed by atoms with Gasteiger partial charge in [0.15, 0.2) is 5.60 Å². The molecule has 0 radical (unpaired) electrons. The third-order valence-corrected chi connectivity index (χ3v) is 2.98.